The molecule has 134 valence electrons. The average Bonchev–Trinajstić information content (AvgIpc) is 2.85. The first-order chi connectivity index (χ1) is 11.8. The van der Waals surface area contributed by atoms with Crippen molar-refractivity contribution in [1.29, 1.82) is 0 Å². The summed E-state index contributed by atoms with van der Waals surface area (Å²) < 4.78 is 5.20. The largest absolute Gasteiger partial charge is 0.444 e. The lowest BCUT2D eigenvalue weighted by molar-refractivity contribution is -0.128. The Morgan fingerprint density at radius 2 is 2.08 bits per heavy atom. The van der Waals surface area contributed by atoms with Crippen LogP contribution in [-0.2, 0) is 16.1 Å². The minimum absolute atomic E-state index is 0.0640. The number of hydrogen-bond donors (Lipinski definition) is 1. The highest BCUT2D eigenvalue weighted by Crippen LogP contribution is 2.21. The van der Waals surface area contributed by atoms with Crippen molar-refractivity contribution in [3.8, 4) is 0 Å². The summed E-state index contributed by atoms with van der Waals surface area (Å²) in [5, 5.41) is 6.21. The van der Waals surface area contributed by atoms with E-state index in [1.807, 2.05) is 12.1 Å². The molecule has 0 saturated carbocycles. The number of nitrogens with one attached hydrogen (secondary N) is 1. The third-order valence-electron chi connectivity index (χ3n) is 3.67. The number of anilines is 1. The molecule has 0 bridgehead atoms. The zero-order valence-electron chi connectivity index (χ0n) is 14.7. The van der Waals surface area contributed by atoms with Crippen LogP contribution in [0.25, 0.3) is 10.4 Å². The van der Waals surface area contributed by atoms with Gasteiger partial charge in [0.25, 0.3) is 0 Å². The van der Waals surface area contributed by atoms with Crippen LogP contribution >= 0.6 is 0 Å². The smallest absolute Gasteiger partial charge is 0.412 e. The predicted octanol–water partition coefficient (Wildman–Crippen LogP) is 3.69. The van der Waals surface area contributed by atoms with Crippen molar-refractivity contribution in [3.63, 3.8) is 0 Å². The summed E-state index contributed by atoms with van der Waals surface area (Å²) in [5.41, 5.74) is 9.41. The summed E-state index contributed by atoms with van der Waals surface area (Å²) in [6, 6.07) is 7.27. The van der Waals surface area contributed by atoms with Gasteiger partial charge in [-0.1, -0.05) is 17.2 Å². The Balaban J connectivity index is 1.89. The van der Waals surface area contributed by atoms with E-state index in [4.69, 9.17) is 10.3 Å². The maximum absolute atomic E-state index is 12.0. The van der Waals surface area contributed by atoms with Crippen molar-refractivity contribution in [2.45, 2.75) is 39.3 Å². The van der Waals surface area contributed by atoms with Crippen LogP contribution in [0.15, 0.2) is 29.4 Å². The van der Waals surface area contributed by atoms with Crippen LogP contribution in [0.4, 0.5) is 10.5 Å². The normalized spacial score (nSPS) is 17.2. The van der Waals surface area contributed by atoms with E-state index in [0.717, 1.165) is 5.56 Å². The summed E-state index contributed by atoms with van der Waals surface area (Å²) in [6.07, 6.45) is -0.0898. The number of nitrogens with zero attached hydrogens (tertiary/aromatic N) is 4. The van der Waals surface area contributed by atoms with E-state index in [1.54, 1.807) is 37.8 Å². The quantitative estimate of drug-likeness (QED) is 0.499. The molecule has 1 fully saturated rings. The van der Waals surface area contributed by atoms with Crippen LogP contribution < -0.4 is 5.32 Å². The summed E-state index contributed by atoms with van der Waals surface area (Å²) >= 11 is 0. The third-order valence-corrected chi connectivity index (χ3v) is 3.67. The van der Waals surface area contributed by atoms with Crippen molar-refractivity contribution in [3.05, 3.63) is 40.3 Å². The number of amides is 2. The number of likely N-dealkylation sites (tertiary alicyclic amines) is 1. The van der Waals surface area contributed by atoms with Gasteiger partial charge in [-0.3, -0.25) is 10.1 Å². The second kappa shape index (κ2) is 7.90. The van der Waals surface area contributed by atoms with Gasteiger partial charge in [-0.05, 0) is 49.9 Å². The predicted molar refractivity (Wildman–Crippen MR) is 93.8 cm³/mol. The molecule has 25 heavy (non-hydrogen) atoms. The number of carbonyl (C=O) groups excluding carboxylic acids is 2. The van der Waals surface area contributed by atoms with Gasteiger partial charge in [0.05, 0.1) is 0 Å². The molecule has 1 unspecified atom stereocenters. The first kappa shape index (κ1) is 18.6. The molecule has 1 heterocycles. The van der Waals surface area contributed by atoms with Crippen molar-refractivity contribution in [1.82, 2.24) is 4.90 Å². The zero-order valence-corrected chi connectivity index (χ0v) is 14.7. The average molecular weight is 345 g/mol. The van der Waals surface area contributed by atoms with Crippen LogP contribution in [-0.4, -0.2) is 35.6 Å². The van der Waals surface area contributed by atoms with E-state index in [0.29, 0.717) is 31.7 Å². The van der Waals surface area contributed by atoms with E-state index in [-0.39, 0.29) is 11.8 Å². The summed E-state index contributed by atoms with van der Waals surface area (Å²) in [4.78, 5) is 28.2. The highest BCUT2D eigenvalue weighted by atomic mass is 16.6. The third kappa shape index (κ3) is 6.00. The second-order valence-electron chi connectivity index (χ2n) is 7.08. The molecular formula is C17H23N5O3. The van der Waals surface area contributed by atoms with Gasteiger partial charge in [-0.2, -0.15) is 0 Å². The van der Waals surface area contributed by atoms with Gasteiger partial charge in [0.15, 0.2) is 0 Å². The molecule has 8 nitrogen and oxygen atoms in total. The molecule has 1 aliphatic heterocycles. The molecule has 1 aliphatic rings. The maximum atomic E-state index is 12.0. The molecule has 8 heteroatoms. The van der Waals surface area contributed by atoms with Gasteiger partial charge in [0.1, 0.15) is 5.60 Å². The Morgan fingerprint density at radius 1 is 1.40 bits per heavy atom. The highest BCUT2D eigenvalue weighted by Gasteiger charge is 2.28. The summed E-state index contributed by atoms with van der Waals surface area (Å²) in [5.74, 6) is 0.144. The van der Waals surface area contributed by atoms with Crippen molar-refractivity contribution in [2.24, 2.45) is 11.0 Å². The number of benzene rings is 1. The van der Waals surface area contributed by atoms with Gasteiger partial charge >= 0.3 is 6.09 Å². The fraction of sp³-hybridized carbons (Fsp3) is 0.529. The first-order valence-electron chi connectivity index (χ1n) is 8.14. The topological polar surface area (TPSA) is 107 Å². The molecule has 1 atom stereocenters. The lowest BCUT2D eigenvalue weighted by Crippen LogP contribution is -2.27. The van der Waals surface area contributed by atoms with Crippen molar-refractivity contribution in [2.75, 3.05) is 18.4 Å². The van der Waals surface area contributed by atoms with Crippen LogP contribution in [0.2, 0.25) is 0 Å². The molecular weight excluding hydrogens is 322 g/mol. The minimum Gasteiger partial charge on any atom is -0.444 e. The Hall–Kier alpha value is -2.73. The van der Waals surface area contributed by atoms with Crippen molar-refractivity contribution >= 4 is 17.7 Å². The molecule has 1 N–H and O–H groups in total. The van der Waals surface area contributed by atoms with E-state index in [2.05, 4.69) is 15.3 Å². The number of carbonyl (C=O) groups is 2. The number of hydrogen-bond acceptors (Lipinski definition) is 4. The Morgan fingerprint density at radius 3 is 2.68 bits per heavy atom. The Kier molecular flexibility index (Phi) is 5.88. The van der Waals surface area contributed by atoms with Crippen LogP contribution in [0, 0.1) is 5.92 Å². The van der Waals surface area contributed by atoms with Crippen LogP contribution in [0.5, 0.6) is 0 Å². The Bertz CT molecular complexity index is 675. The lowest BCUT2D eigenvalue weighted by Gasteiger charge is -2.20. The maximum Gasteiger partial charge on any atom is 0.412 e. The molecule has 0 aromatic heterocycles. The fourth-order valence-corrected chi connectivity index (χ4v) is 2.62. The molecule has 1 saturated heterocycles. The van der Waals surface area contributed by atoms with Gasteiger partial charge in [0.2, 0.25) is 5.91 Å². The molecule has 0 spiro atoms. The van der Waals surface area contributed by atoms with Crippen LogP contribution in [0.3, 0.4) is 0 Å². The number of rotatable bonds is 5. The SMILES string of the molecule is CC(C)(C)OC(=O)Nc1ccc(CN2CC(CN=[N+]=[N-])CC2=O)cc1. The molecule has 2 rings (SSSR count). The van der Waals surface area contributed by atoms with E-state index in [1.165, 1.54) is 0 Å². The molecule has 2 amide bonds. The molecule has 0 aliphatic carbocycles. The van der Waals surface area contributed by atoms with Crippen molar-refractivity contribution < 1.29 is 14.3 Å². The summed E-state index contributed by atoms with van der Waals surface area (Å²) in [6.45, 7) is 6.85. The molecule has 0 radical (unpaired) electrons. The second-order valence-corrected chi connectivity index (χ2v) is 7.08. The van der Waals surface area contributed by atoms with E-state index in [9.17, 15) is 9.59 Å². The molecule has 1 aromatic carbocycles. The van der Waals surface area contributed by atoms with Gasteiger partial charge in [-0.15, -0.1) is 0 Å². The first-order valence-corrected chi connectivity index (χ1v) is 8.14. The van der Waals surface area contributed by atoms with Gasteiger partial charge in [-0.25, -0.2) is 4.79 Å². The van der Waals surface area contributed by atoms with Crippen LogP contribution in [0.1, 0.15) is 32.8 Å². The fourth-order valence-electron chi connectivity index (χ4n) is 2.62. The number of azide groups is 1. The van der Waals surface area contributed by atoms with Gasteiger partial charge < -0.3 is 9.64 Å². The van der Waals surface area contributed by atoms with E-state index >= 15 is 0 Å². The Labute approximate surface area is 146 Å². The monoisotopic (exact) mass is 345 g/mol. The van der Waals surface area contributed by atoms with Gasteiger partial charge in [0, 0.05) is 36.7 Å². The number of ether oxygens (including phenoxy) is 1. The highest BCUT2D eigenvalue weighted by molar-refractivity contribution is 5.84. The zero-order chi connectivity index (χ0) is 18.4. The minimum atomic E-state index is -0.549. The summed E-state index contributed by atoms with van der Waals surface area (Å²) in [7, 11) is 0. The van der Waals surface area contributed by atoms with E-state index < -0.39 is 11.7 Å². The molecule has 1 aromatic rings. The lowest BCUT2D eigenvalue weighted by atomic mass is 10.1. The standard InChI is InChI=1S/C17H23N5O3/c1-17(2,3)25-16(24)20-14-6-4-12(5-7-14)10-22-11-13(8-15(22)23)9-19-21-18/h4-7,13H,8-11H2,1-3H3,(H,20,24).